The highest BCUT2D eigenvalue weighted by molar-refractivity contribution is 5.82. The molecule has 23 heavy (non-hydrogen) atoms. The van der Waals surface area contributed by atoms with Crippen LogP contribution in [0, 0.1) is 15.9 Å². The van der Waals surface area contributed by atoms with Crippen molar-refractivity contribution < 1.29 is 13.7 Å². The summed E-state index contributed by atoms with van der Waals surface area (Å²) in [4.78, 5) is 21.8. The van der Waals surface area contributed by atoms with Crippen molar-refractivity contribution in [3.63, 3.8) is 0 Å². The highest BCUT2D eigenvalue weighted by atomic mass is 19.1. The number of pyridine rings is 2. The second kappa shape index (κ2) is 5.33. The van der Waals surface area contributed by atoms with Crippen molar-refractivity contribution in [1.29, 1.82) is 0 Å². The molecule has 3 heterocycles. The van der Waals surface area contributed by atoms with E-state index in [0.29, 0.717) is 0 Å². The summed E-state index contributed by atoms with van der Waals surface area (Å²) < 4.78 is 19.3. The van der Waals surface area contributed by atoms with Crippen molar-refractivity contribution >= 4 is 17.3 Å². The maximum absolute atomic E-state index is 14.1. The molecule has 116 valence electrons. The smallest absolute Gasteiger partial charge is 0.311 e. The average Bonchev–Trinajstić information content (AvgIpc) is 3.03. The zero-order chi connectivity index (χ0) is 16.6. The predicted octanol–water partition coefficient (Wildman–Crippen LogP) is 2.01. The van der Waals surface area contributed by atoms with Gasteiger partial charge in [-0.05, 0) is 6.07 Å². The Morgan fingerprint density at radius 1 is 1.22 bits per heavy atom. The Labute approximate surface area is 127 Å². The van der Waals surface area contributed by atoms with Crippen LogP contribution in [0.3, 0.4) is 0 Å². The number of hydrogen-bond donors (Lipinski definition) is 2. The molecule has 0 aliphatic carbocycles. The molecule has 0 amide bonds. The number of nitrogens with two attached hydrogens (primary N) is 2. The van der Waals surface area contributed by atoms with Crippen LogP contribution in [0.15, 0.2) is 35.2 Å². The van der Waals surface area contributed by atoms with Gasteiger partial charge in [0.25, 0.3) is 0 Å². The van der Waals surface area contributed by atoms with Crippen LogP contribution in [0.4, 0.5) is 21.7 Å². The first-order valence-corrected chi connectivity index (χ1v) is 6.23. The molecule has 0 aromatic carbocycles. The molecule has 0 aliphatic heterocycles. The van der Waals surface area contributed by atoms with Crippen molar-refractivity contribution in [3.05, 3.63) is 46.7 Å². The Balaban J connectivity index is 2.34. The molecule has 0 saturated carbocycles. The van der Waals surface area contributed by atoms with Gasteiger partial charge < -0.3 is 15.9 Å². The number of halogens is 1. The van der Waals surface area contributed by atoms with E-state index in [0.717, 1.165) is 12.3 Å². The molecule has 0 atom stereocenters. The number of rotatable bonds is 3. The molecule has 0 aliphatic rings. The monoisotopic (exact) mass is 316 g/mol. The maximum Gasteiger partial charge on any atom is 0.311 e. The van der Waals surface area contributed by atoms with E-state index in [1.807, 2.05) is 0 Å². The lowest BCUT2D eigenvalue weighted by atomic mass is 10.0. The largest absolute Gasteiger partial charge is 0.443 e. The Morgan fingerprint density at radius 2 is 2.00 bits per heavy atom. The number of aromatic nitrogens is 3. The van der Waals surface area contributed by atoms with Crippen LogP contribution in [-0.2, 0) is 0 Å². The van der Waals surface area contributed by atoms with Gasteiger partial charge in [0.2, 0.25) is 11.7 Å². The normalized spacial score (nSPS) is 10.7. The van der Waals surface area contributed by atoms with Crippen LogP contribution < -0.4 is 11.5 Å². The fraction of sp³-hybridized carbons (Fsp3) is 0. The summed E-state index contributed by atoms with van der Waals surface area (Å²) in [5.74, 6) is -0.988. The Kier molecular flexibility index (Phi) is 3.33. The SMILES string of the molecule is Nc1cc(-c2cc([N+](=O)[O-])c(N)nc2-c2ncco2)c(F)cn1. The lowest BCUT2D eigenvalue weighted by Gasteiger charge is -2.09. The lowest BCUT2D eigenvalue weighted by Crippen LogP contribution is -2.03. The second-order valence-electron chi connectivity index (χ2n) is 4.47. The third-order valence-corrected chi connectivity index (χ3v) is 3.03. The van der Waals surface area contributed by atoms with E-state index in [9.17, 15) is 14.5 Å². The molecule has 0 radical (unpaired) electrons. The van der Waals surface area contributed by atoms with Crippen molar-refractivity contribution in [1.82, 2.24) is 15.0 Å². The summed E-state index contributed by atoms with van der Waals surface area (Å²) in [5, 5.41) is 11.1. The van der Waals surface area contributed by atoms with E-state index in [-0.39, 0.29) is 34.3 Å². The summed E-state index contributed by atoms with van der Waals surface area (Å²) in [6, 6.07) is 2.33. The van der Waals surface area contributed by atoms with Gasteiger partial charge in [-0.15, -0.1) is 0 Å². The lowest BCUT2D eigenvalue weighted by molar-refractivity contribution is -0.384. The van der Waals surface area contributed by atoms with Crippen LogP contribution >= 0.6 is 0 Å². The van der Waals surface area contributed by atoms with Crippen LogP contribution in [0.2, 0.25) is 0 Å². The molecule has 0 spiro atoms. The van der Waals surface area contributed by atoms with E-state index in [1.165, 1.54) is 18.5 Å². The number of nitrogens with zero attached hydrogens (tertiary/aromatic N) is 4. The van der Waals surface area contributed by atoms with Gasteiger partial charge in [-0.2, -0.15) is 0 Å². The highest BCUT2D eigenvalue weighted by Crippen LogP contribution is 2.36. The number of anilines is 2. The van der Waals surface area contributed by atoms with Gasteiger partial charge in [0, 0.05) is 17.2 Å². The quantitative estimate of drug-likeness (QED) is 0.550. The van der Waals surface area contributed by atoms with Crippen molar-refractivity contribution in [2.24, 2.45) is 0 Å². The van der Waals surface area contributed by atoms with Gasteiger partial charge in [0.15, 0.2) is 0 Å². The molecule has 0 bridgehead atoms. The molecule has 3 rings (SSSR count). The highest BCUT2D eigenvalue weighted by Gasteiger charge is 2.23. The fourth-order valence-corrected chi connectivity index (χ4v) is 2.03. The standard InChI is InChI=1S/C13H9FN6O3/c14-8-5-18-10(15)4-6(8)7-3-9(20(21)22)12(16)19-11(7)13-17-1-2-23-13/h1-5H,(H2,15,18)(H2,16,19). The minimum atomic E-state index is -0.729. The summed E-state index contributed by atoms with van der Waals surface area (Å²) in [6.45, 7) is 0. The number of nitrogen functional groups attached to an aromatic ring is 2. The van der Waals surface area contributed by atoms with Crippen molar-refractivity contribution in [2.45, 2.75) is 0 Å². The summed E-state index contributed by atoms with van der Waals surface area (Å²) in [6.07, 6.45) is 3.55. The molecular formula is C13H9FN6O3. The molecule has 9 nitrogen and oxygen atoms in total. The van der Waals surface area contributed by atoms with Crippen LogP contribution in [0.5, 0.6) is 0 Å². The number of oxazole rings is 1. The number of hydrogen-bond acceptors (Lipinski definition) is 8. The van der Waals surface area contributed by atoms with E-state index in [2.05, 4.69) is 15.0 Å². The zero-order valence-electron chi connectivity index (χ0n) is 11.4. The summed E-state index contributed by atoms with van der Waals surface area (Å²) in [7, 11) is 0. The first-order chi connectivity index (χ1) is 11.0. The molecule has 10 heteroatoms. The van der Waals surface area contributed by atoms with Crippen LogP contribution in [0.1, 0.15) is 0 Å². The molecule has 3 aromatic heterocycles. The third kappa shape index (κ3) is 2.52. The summed E-state index contributed by atoms with van der Waals surface area (Å²) in [5.41, 5.74) is 10.8. The van der Waals surface area contributed by atoms with Gasteiger partial charge in [0.1, 0.15) is 23.6 Å². The van der Waals surface area contributed by atoms with E-state index < -0.39 is 16.4 Å². The topological polar surface area (TPSA) is 147 Å². The molecule has 0 saturated heterocycles. The molecular weight excluding hydrogens is 307 g/mol. The Bertz CT molecular complexity index is 897. The maximum atomic E-state index is 14.1. The van der Waals surface area contributed by atoms with Gasteiger partial charge in [-0.25, -0.2) is 19.3 Å². The minimum Gasteiger partial charge on any atom is -0.443 e. The Hall–Kier alpha value is -3.56. The fourth-order valence-electron chi connectivity index (χ4n) is 2.03. The van der Waals surface area contributed by atoms with Crippen molar-refractivity contribution in [3.8, 4) is 22.7 Å². The molecule has 4 N–H and O–H groups in total. The van der Waals surface area contributed by atoms with Gasteiger partial charge in [-0.1, -0.05) is 0 Å². The first-order valence-electron chi connectivity index (χ1n) is 6.23. The van der Waals surface area contributed by atoms with Crippen LogP contribution in [-0.4, -0.2) is 19.9 Å². The second-order valence-corrected chi connectivity index (χ2v) is 4.47. The summed E-state index contributed by atoms with van der Waals surface area (Å²) >= 11 is 0. The zero-order valence-corrected chi connectivity index (χ0v) is 11.4. The molecule has 0 unspecified atom stereocenters. The van der Waals surface area contributed by atoms with Crippen LogP contribution in [0.25, 0.3) is 22.7 Å². The number of nitro groups is 1. The molecule has 0 fully saturated rings. The predicted molar refractivity (Wildman–Crippen MR) is 78.4 cm³/mol. The van der Waals surface area contributed by atoms with E-state index in [1.54, 1.807) is 0 Å². The van der Waals surface area contributed by atoms with Gasteiger partial charge >= 0.3 is 5.69 Å². The van der Waals surface area contributed by atoms with Gasteiger partial charge in [-0.3, -0.25) is 10.1 Å². The van der Waals surface area contributed by atoms with E-state index in [4.69, 9.17) is 15.9 Å². The Morgan fingerprint density at radius 3 is 2.65 bits per heavy atom. The molecule has 3 aromatic rings. The minimum absolute atomic E-state index is 0.0266. The van der Waals surface area contributed by atoms with E-state index >= 15 is 0 Å². The van der Waals surface area contributed by atoms with Crippen molar-refractivity contribution in [2.75, 3.05) is 11.5 Å². The first kappa shape index (κ1) is 14.4. The average molecular weight is 316 g/mol. The van der Waals surface area contributed by atoms with Gasteiger partial charge in [0.05, 0.1) is 17.3 Å². The third-order valence-electron chi connectivity index (χ3n) is 3.03.